The predicted molar refractivity (Wildman–Crippen MR) is 194 cm³/mol. The molecule has 8 nitrogen and oxygen atoms in total. The van der Waals surface area contributed by atoms with Crippen LogP contribution in [0.3, 0.4) is 0 Å². The molecule has 8 rings (SSSR count). The highest BCUT2D eigenvalue weighted by molar-refractivity contribution is 6.03. The van der Waals surface area contributed by atoms with Crippen LogP contribution in [0.2, 0.25) is 0 Å². The lowest BCUT2D eigenvalue weighted by atomic mass is 9.73. The molecule has 4 aliphatic rings. The number of phenolic OH excluding ortho intramolecular Hbond substituents is 1. The van der Waals surface area contributed by atoms with Gasteiger partial charge in [-0.1, -0.05) is 18.4 Å². The number of fused-ring (bicyclic) bond motifs is 3. The van der Waals surface area contributed by atoms with Crippen LogP contribution in [0.15, 0.2) is 30.5 Å². The fourth-order valence-corrected chi connectivity index (χ4v) is 9.38. The van der Waals surface area contributed by atoms with Crippen LogP contribution in [0.5, 0.6) is 11.8 Å². The first-order valence-electron chi connectivity index (χ1n) is 18.3. The van der Waals surface area contributed by atoms with Crippen molar-refractivity contribution in [1.82, 2.24) is 19.9 Å². The van der Waals surface area contributed by atoms with Crippen LogP contribution in [-0.2, 0) is 4.74 Å². The molecule has 4 fully saturated rings. The molecule has 1 N–H and O–H groups in total. The summed E-state index contributed by atoms with van der Waals surface area (Å²) in [4.78, 5) is 19.0. The van der Waals surface area contributed by atoms with E-state index in [0.717, 1.165) is 70.8 Å². The molecule has 10 heteroatoms. The fraction of sp³-hybridized carbons (Fsp3) is 0.488. The van der Waals surface area contributed by atoms with E-state index in [0.29, 0.717) is 67.5 Å². The number of halogens is 2. The first-order valence-corrected chi connectivity index (χ1v) is 18.3. The minimum absolute atomic E-state index is 0.0308. The van der Waals surface area contributed by atoms with Crippen LogP contribution in [0, 0.1) is 47.7 Å². The van der Waals surface area contributed by atoms with E-state index in [1.807, 2.05) is 0 Å². The summed E-state index contributed by atoms with van der Waals surface area (Å²) in [6.07, 6.45) is 23.8. The van der Waals surface area contributed by atoms with Gasteiger partial charge in [0, 0.05) is 60.3 Å². The predicted octanol–water partition coefficient (Wildman–Crippen LogP) is 7.24. The molecular weight excluding hydrogens is 648 g/mol. The van der Waals surface area contributed by atoms with E-state index in [-0.39, 0.29) is 44.9 Å². The quantitative estimate of drug-likeness (QED) is 0.212. The van der Waals surface area contributed by atoms with E-state index in [1.165, 1.54) is 24.3 Å². The second-order valence-electron chi connectivity index (χ2n) is 14.7. The summed E-state index contributed by atoms with van der Waals surface area (Å²) in [5.41, 5.74) is 0.0492. The second kappa shape index (κ2) is 13.9. The molecule has 4 heterocycles. The van der Waals surface area contributed by atoms with Gasteiger partial charge in [-0.15, -0.1) is 18.8 Å². The molecule has 2 aliphatic heterocycles. The van der Waals surface area contributed by atoms with Crippen molar-refractivity contribution < 1.29 is 23.4 Å². The van der Waals surface area contributed by atoms with Gasteiger partial charge in [0.1, 0.15) is 28.6 Å². The molecule has 2 saturated carbocycles. The molecular formula is C41H43F2N5O3. The van der Waals surface area contributed by atoms with Crippen LogP contribution < -0.4 is 9.64 Å². The van der Waals surface area contributed by atoms with Gasteiger partial charge in [-0.25, -0.2) is 8.78 Å². The van der Waals surface area contributed by atoms with E-state index >= 15 is 4.39 Å². The van der Waals surface area contributed by atoms with Gasteiger partial charge in [-0.05, 0) is 87.9 Å². The number of benzene rings is 2. The van der Waals surface area contributed by atoms with Crippen molar-refractivity contribution in [2.45, 2.75) is 76.3 Å². The van der Waals surface area contributed by atoms with Gasteiger partial charge < -0.3 is 19.5 Å². The van der Waals surface area contributed by atoms with E-state index in [1.54, 1.807) is 6.20 Å². The fourth-order valence-electron chi connectivity index (χ4n) is 9.38. The molecule has 1 unspecified atom stereocenters. The van der Waals surface area contributed by atoms with Gasteiger partial charge in [0.15, 0.2) is 5.82 Å². The molecule has 0 spiro atoms. The lowest BCUT2D eigenvalue weighted by Gasteiger charge is -2.50. The monoisotopic (exact) mass is 691 g/mol. The molecule has 51 heavy (non-hydrogen) atoms. The average Bonchev–Trinajstić information content (AvgIpc) is 3.40. The maximum absolute atomic E-state index is 17.0. The highest BCUT2D eigenvalue weighted by Crippen LogP contribution is 2.50. The molecule has 0 radical (unpaired) electrons. The first kappa shape index (κ1) is 33.6. The third kappa shape index (κ3) is 6.13. The number of hydrogen-bond acceptors (Lipinski definition) is 8. The Labute approximate surface area is 297 Å². The smallest absolute Gasteiger partial charge is 0.319 e. The standard InChI is InChI=1S/C41H43F2N5O3/c1-3-26-9-12-28(13-10-26)48-18-6-16-41(15-5-8-34(41)48)25-51-40-45-38-32(39(46-40)47-17-7-20-50-21-19-47)24-44-37(36(38)43)31-23-29(49)22-27-11-14-33(42)30(4-2)35(27)31/h1-2,11,14,22-24,26,28,34,49H,5-10,12-13,15-21,25H2/t26?,28?,34?,41-/m1/s1. The Kier molecular flexibility index (Phi) is 9.16. The van der Waals surface area contributed by atoms with Gasteiger partial charge >= 0.3 is 6.01 Å². The van der Waals surface area contributed by atoms with Gasteiger partial charge in [0.05, 0.1) is 24.2 Å². The van der Waals surface area contributed by atoms with Crippen molar-refractivity contribution in [3.8, 4) is 47.7 Å². The number of nitrogens with zero attached hydrogens (tertiary/aromatic N) is 5. The summed E-state index contributed by atoms with van der Waals surface area (Å²) < 4.78 is 44.2. The SMILES string of the molecule is C#Cc1c(F)ccc2cc(O)cc(-c3ncc4c(N5CCCOCC5)nc(OC[C@]56CCCC5N(C5CCC(C#C)CC5)CCC6)nc4c3F)c12. The summed E-state index contributed by atoms with van der Waals surface area (Å²) in [6, 6.07) is 6.65. The van der Waals surface area contributed by atoms with E-state index in [4.69, 9.17) is 32.3 Å². The molecule has 0 bridgehead atoms. The average molecular weight is 692 g/mol. The van der Waals surface area contributed by atoms with Crippen LogP contribution in [0.4, 0.5) is 14.6 Å². The zero-order valence-corrected chi connectivity index (χ0v) is 28.8. The number of hydrogen-bond donors (Lipinski definition) is 1. The minimum Gasteiger partial charge on any atom is -0.508 e. The third-order valence-corrected chi connectivity index (χ3v) is 11.9. The Bertz CT molecular complexity index is 2040. The summed E-state index contributed by atoms with van der Waals surface area (Å²) in [5.74, 6) is 4.83. The molecule has 264 valence electrons. The lowest BCUT2D eigenvalue weighted by Crippen LogP contribution is -2.56. The number of pyridine rings is 1. The molecule has 2 saturated heterocycles. The first-order chi connectivity index (χ1) is 24.9. The highest BCUT2D eigenvalue weighted by Gasteiger charge is 2.50. The van der Waals surface area contributed by atoms with Crippen LogP contribution in [0.1, 0.15) is 69.8 Å². The Balaban J connectivity index is 1.18. The normalized spacial score (nSPS) is 25.6. The molecule has 2 aromatic heterocycles. The van der Waals surface area contributed by atoms with E-state index in [2.05, 4.69) is 26.6 Å². The van der Waals surface area contributed by atoms with Gasteiger partial charge in [-0.2, -0.15) is 9.97 Å². The van der Waals surface area contributed by atoms with Crippen molar-refractivity contribution in [2.75, 3.05) is 44.4 Å². The number of likely N-dealkylation sites (tertiary alicyclic amines) is 1. The lowest BCUT2D eigenvalue weighted by molar-refractivity contribution is -0.0317. The molecule has 2 aromatic carbocycles. The third-order valence-electron chi connectivity index (χ3n) is 11.9. The van der Waals surface area contributed by atoms with E-state index < -0.39 is 11.6 Å². The Morgan fingerprint density at radius 2 is 1.82 bits per heavy atom. The molecule has 4 aromatic rings. The maximum Gasteiger partial charge on any atom is 0.319 e. The van der Waals surface area contributed by atoms with Crippen molar-refractivity contribution in [1.29, 1.82) is 0 Å². The molecule has 2 aliphatic carbocycles. The van der Waals surface area contributed by atoms with Crippen molar-refractivity contribution in [2.24, 2.45) is 11.3 Å². The minimum atomic E-state index is -0.727. The van der Waals surface area contributed by atoms with Crippen LogP contribution in [0.25, 0.3) is 32.9 Å². The van der Waals surface area contributed by atoms with Crippen LogP contribution in [-0.4, -0.2) is 76.5 Å². The number of piperidine rings is 1. The zero-order chi connectivity index (χ0) is 35.1. The van der Waals surface area contributed by atoms with Gasteiger partial charge in [0.25, 0.3) is 0 Å². The summed E-state index contributed by atoms with van der Waals surface area (Å²) in [7, 11) is 0. The highest BCUT2D eigenvalue weighted by atomic mass is 19.1. The Hall–Kier alpha value is -4.51. The Morgan fingerprint density at radius 3 is 2.65 bits per heavy atom. The zero-order valence-electron chi connectivity index (χ0n) is 28.8. The van der Waals surface area contributed by atoms with Crippen molar-refractivity contribution in [3.63, 3.8) is 0 Å². The van der Waals surface area contributed by atoms with Gasteiger partial charge in [0.2, 0.25) is 0 Å². The number of ether oxygens (including phenoxy) is 2. The van der Waals surface area contributed by atoms with Crippen molar-refractivity contribution in [3.05, 3.63) is 47.7 Å². The number of terminal acetylenes is 2. The summed E-state index contributed by atoms with van der Waals surface area (Å²) in [6.45, 7) is 3.92. The Morgan fingerprint density at radius 1 is 0.980 bits per heavy atom. The van der Waals surface area contributed by atoms with Gasteiger partial charge in [-0.3, -0.25) is 9.88 Å². The van der Waals surface area contributed by atoms with E-state index in [9.17, 15) is 9.50 Å². The van der Waals surface area contributed by atoms with Crippen molar-refractivity contribution >= 4 is 27.5 Å². The summed E-state index contributed by atoms with van der Waals surface area (Å²) >= 11 is 0. The molecule has 2 atom stereocenters. The second-order valence-corrected chi connectivity index (χ2v) is 14.7. The number of phenols is 1. The summed E-state index contributed by atoms with van der Waals surface area (Å²) in [5, 5.41) is 11.8. The van der Waals surface area contributed by atoms with Crippen LogP contribution >= 0.6 is 0 Å². The molecule has 0 amide bonds. The number of rotatable bonds is 6. The topological polar surface area (TPSA) is 83.8 Å². The maximum atomic E-state index is 17.0. The number of aromatic hydroxyl groups is 1. The largest absolute Gasteiger partial charge is 0.508 e. The number of anilines is 1. The number of aromatic nitrogens is 3.